The van der Waals surface area contributed by atoms with Crippen LogP contribution in [0.15, 0.2) is 0 Å². The van der Waals surface area contributed by atoms with E-state index in [1.165, 1.54) is 4.90 Å². The van der Waals surface area contributed by atoms with Crippen molar-refractivity contribution in [1.29, 1.82) is 0 Å². The van der Waals surface area contributed by atoms with E-state index in [9.17, 15) is 9.59 Å². The lowest BCUT2D eigenvalue weighted by Crippen LogP contribution is -2.54. The van der Waals surface area contributed by atoms with Gasteiger partial charge in [-0.1, -0.05) is 0 Å². The molecule has 2 atom stereocenters. The van der Waals surface area contributed by atoms with Crippen molar-refractivity contribution in [3.05, 3.63) is 0 Å². The van der Waals surface area contributed by atoms with Gasteiger partial charge in [0.05, 0.1) is 26.4 Å². The molecule has 2 fully saturated rings. The molecule has 0 bridgehead atoms. The summed E-state index contributed by atoms with van der Waals surface area (Å²) < 4.78 is 10.4. The first-order valence-electron chi connectivity index (χ1n) is 7.26. The van der Waals surface area contributed by atoms with E-state index in [0.717, 1.165) is 32.8 Å². The van der Waals surface area contributed by atoms with Crippen molar-refractivity contribution in [1.82, 2.24) is 15.1 Å². The first kappa shape index (κ1) is 16.0. The molecule has 2 N–H and O–H groups in total. The minimum atomic E-state index is -1.03. The molecule has 0 spiro atoms. The fraction of sp³-hybridized carbons (Fsp3) is 0.846. The smallest absolute Gasteiger partial charge is 0.334 e. The van der Waals surface area contributed by atoms with Crippen LogP contribution < -0.4 is 5.32 Å². The second-order valence-electron chi connectivity index (χ2n) is 5.41. The van der Waals surface area contributed by atoms with Gasteiger partial charge in [-0.2, -0.15) is 0 Å². The summed E-state index contributed by atoms with van der Waals surface area (Å²) in [6.07, 6.45) is -0.931. The van der Waals surface area contributed by atoms with Gasteiger partial charge in [0.15, 0.2) is 6.10 Å². The van der Waals surface area contributed by atoms with Crippen LogP contribution in [0.4, 0.5) is 4.79 Å². The van der Waals surface area contributed by atoms with E-state index < -0.39 is 12.1 Å². The molecule has 2 aliphatic rings. The maximum absolute atomic E-state index is 12.1. The summed E-state index contributed by atoms with van der Waals surface area (Å²) in [7, 11) is 0. The molecule has 0 aromatic heterocycles. The van der Waals surface area contributed by atoms with Crippen molar-refractivity contribution in [2.24, 2.45) is 0 Å². The van der Waals surface area contributed by atoms with Crippen molar-refractivity contribution >= 4 is 12.0 Å². The van der Waals surface area contributed by atoms with Crippen LogP contribution in [0.1, 0.15) is 6.92 Å². The van der Waals surface area contributed by atoms with Gasteiger partial charge in [-0.25, -0.2) is 9.59 Å². The molecule has 2 unspecified atom stereocenters. The summed E-state index contributed by atoms with van der Waals surface area (Å²) in [5.74, 6) is -1.03. The maximum Gasteiger partial charge on any atom is 0.334 e. The van der Waals surface area contributed by atoms with Gasteiger partial charge in [-0.3, -0.25) is 4.90 Å². The molecule has 120 valence electrons. The highest BCUT2D eigenvalue weighted by Gasteiger charge is 2.29. The number of hydrogen-bond donors (Lipinski definition) is 2. The van der Waals surface area contributed by atoms with Crippen molar-refractivity contribution in [3.8, 4) is 0 Å². The zero-order chi connectivity index (χ0) is 15.2. The molecule has 2 rings (SSSR count). The summed E-state index contributed by atoms with van der Waals surface area (Å²) in [6.45, 7) is 6.67. The molecule has 2 amide bonds. The Morgan fingerprint density at radius 1 is 1.29 bits per heavy atom. The third-order valence-corrected chi connectivity index (χ3v) is 3.63. The fourth-order valence-corrected chi connectivity index (χ4v) is 2.50. The molecular formula is C13H23N3O5. The predicted octanol–water partition coefficient (Wildman–Crippen LogP) is -0.798. The third kappa shape index (κ3) is 4.83. The quantitative estimate of drug-likeness (QED) is 0.706. The summed E-state index contributed by atoms with van der Waals surface area (Å²) >= 11 is 0. The molecule has 2 heterocycles. The van der Waals surface area contributed by atoms with Crippen molar-refractivity contribution in [2.45, 2.75) is 19.1 Å². The van der Waals surface area contributed by atoms with Crippen molar-refractivity contribution in [2.75, 3.05) is 52.5 Å². The van der Waals surface area contributed by atoms with E-state index in [2.05, 4.69) is 10.2 Å². The van der Waals surface area contributed by atoms with Gasteiger partial charge in [-0.05, 0) is 6.92 Å². The lowest BCUT2D eigenvalue weighted by atomic mass is 10.2. The van der Waals surface area contributed by atoms with E-state index in [-0.39, 0.29) is 25.2 Å². The number of carboxylic acids is 1. The number of aliphatic carboxylic acids is 1. The maximum atomic E-state index is 12.1. The van der Waals surface area contributed by atoms with Crippen LogP contribution in [0.25, 0.3) is 0 Å². The minimum Gasteiger partial charge on any atom is -0.479 e. The van der Waals surface area contributed by atoms with Crippen molar-refractivity contribution < 1.29 is 24.2 Å². The second kappa shape index (κ2) is 7.58. The van der Waals surface area contributed by atoms with Gasteiger partial charge in [0.2, 0.25) is 0 Å². The highest BCUT2D eigenvalue weighted by molar-refractivity contribution is 5.77. The number of amides is 2. The highest BCUT2D eigenvalue weighted by atomic mass is 16.5. The molecule has 0 aromatic rings. The van der Waals surface area contributed by atoms with Gasteiger partial charge in [0, 0.05) is 32.2 Å². The van der Waals surface area contributed by atoms with Crippen LogP contribution in [-0.4, -0.2) is 91.6 Å². The number of carbonyl (C=O) groups is 2. The lowest BCUT2D eigenvalue weighted by Gasteiger charge is -2.33. The number of rotatable bonds is 4. The van der Waals surface area contributed by atoms with Crippen molar-refractivity contribution in [3.63, 3.8) is 0 Å². The van der Waals surface area contributed by atoms with Gasteiger partial charge in [0.25, 0.3) is 0 Å². The SMILES string of the molecule is CC(CN1CCOCC1)NC(=O)N1CCOC(C(=O)O)C1. The van der Waals surface area contributed by atoms with E-state index in [1.54, 1.807) is 0 Å². The standard InChI is InChI=1S/C13H23N3O5/c1-10(8-15-2-5-20-6-3-15)14-13(19)16-4-7-21-11(9-16)12(17)18/h10-11H,2-9H2,1H3,(H,14,19)(H,17,18). The first-order valence-corrected chi connectivity index (χ1v) is 7.26. The van der Waals surface area contributed by atoms with E-state index in [1.807, 2.05) is 6.92 Å². The Hall–Kier alpha value is -1.38. The Bertz CT molecular complexity index is 373. The summed E-state index contributed by atoms with van der Waals surface area (Å²) in [5, 5.41) is 11.8. The van der Waals surface area contributed by atoms with Crippen LogP contribution >= 0.6 is 0 Å². The van der Waals surface area contributed by atoms with E-state index in [4.69, 9.17) is 14.6 Å². The molecule has 2 aliphatic heterocycles. The van der Waals surface area contributed by atoms with E-state index >= 15 is 0 Å². The molecule has 0 radical (unpaired) electrons. The molecular weight excluding hydrogens is 278 g/mol. The zero-order valence-corrected chi connectivity index (χ0v) is 12.3. The normalized spacial score (nSPS) is 25.4. The minimum absolute atomic E-state index is 0.00160. The Kier molecular flexibility index (Phi) is 5.77. The molecule has 0 aliphatic carbocycles. The van der Waals surface area contributed by atoms with Crippen LogP contribution in [0.5, 0.6) is 0 Å². The van der Waals surface area contributed by atoms with Gasteiger partial charge in [0.1, 0.15) is 0 Å². The Morgan fingerprint density at radius 3 is 2.67 bits per heavy atom. The summed E-state index contributed by atoms with van der Waals surface area (Å²) in [6, 6.07) is -0.230. The Balaban J connectivity index is 1.75. The molecule has 0 saturated carbocycles. The number of ether oxygens (including phenoxy) is 2. The molecule has 8 heteroatoms. The van der Waals surface area contributed by atoms with Gasteiger partial charge >= 0.3 is 12.0 Å². The molecule has 2 saturated heterocycles. The van der Waals surface area contributed by atoms with Gasteiger partial charge < -0.3 is 24.8 Å². The predicted molar refractivity (Wildman–Crippen MR) is 74.2 cm³/mol. The average molecular weight is 301 g/mol. The molecule has 21 heavy (non-hydrogen) atoms. The molecule has 0 aromatic carbocycles. The van der Waals surface area contributed by atoms with Crippen LogP contribution in [0.3, 0.4) is 0 Å². The summed E-state index contributed by atoms with van der Waals surface area (Å²) in [5.41, 5.74) is 0. The topological polar surface area (TPSA) is 91.3 Å². The van der Waals surface area contributed by atoms with Gasteiger partial charge in [-0.15, -0.1) is 0 Å². The number of hydrogen-bond acceptors (Lipinski definition) is 5. The number of nitrogens with one attached hydrogen (secondary N) is 1. The third-order valence-electron chi connectivity index (χ3n) is 3.63. The second-order valence-corrected chi connectivity index (χ2v) is 5.41. The fourth-order valence-electron chi connectivity index (χ4n) is 2.50. The number of carboxylic acid groups (broad SMARTS) is 1. The number of carbonyl (C=O) groups excluding carboxylic acids is 1. The van der Waals surface area contributed by atoms with Crippen LogP contribution in [0.2, 0.25) is 0 Å². The number of nitrogens with zero attached hydrogens (tertiary/aromatic N) is 2. The summed E-state index contributed by atoms with van der Waals surface area (Å²) in [4.78, 5) is 26.8. The van der Waals surface area contributed by atoms with Crippen LogP contribution in [0, 0.1) is 0 Å². The zero-order valence-electron chi connectivity index (χ0n) is 12.3. The lowest BCUT2D eigenvalue weighted by molar-refractivity contribution is -0.154. The van der Waals surface area contributed by atoms with Crippen LogP contribution in [-0.2, 0) is 14.3 Å². The average Bonchev–Trinajstić information content (AvgIpc) is 2.48. The monoisotopic (exact) mass is 301 g/mol. The van der Waals surface area contributed by atoms with E-state index in [0.29, 0.717) is 6.54 Å². The highest BCUT2D eigenvalue weighted by Crippen LogP contribution is 2.06. The number of morpholine rings is 2. The molecule has 8 nitrogen and oxygen atoms in total. The Labute approximate surface area is 124 Å². The largest absolute Gasteiger partial charge is 0.479 e. The Morgan fingerprint density at radius 2 is 2.00 bits per heavy atom. The first-order chi connectivity index (χ1) is 10.1. The number of urea groups is 1.